The maximum atomic E-state index is 12.7. The van der Waals surface area contributed by atoms with Gasteiger partial charge in [0.05, 0.1) is 17.5 Å². The molecule has 2 rings (SSSR count). The number of hydrogen-bond donors (Lipinski definition) is 1. The molecule has 1 N–H and O–H groups in total. The largest absolute Gasteiger partial charge is 0.302 e. The van der Waals surface area contributed by atoms with Gasteiger partial charge in [0, 0.05) is 6.92 Å². The smallest absolute Gasteiger partial charge is 0.230 e. The maximum absolute atomic E-state index is 12.7. The molecule has 0 bridgehead atoms. The van der Waals surface area contributed by atoms with Crippen molar-refractivity contribution in [2.45, 2.75) is 13.3 Å². The van der Waals surface area contributed by atoms with Crippen LogP contribution < -0.4 is 5.32 Å². The Morgan fingerprint density at radius 2 is 2.00 bits per heavy atom. The number of carbonyl (C=O) groups excluding carboxylic acids is 2. The summed E-state index contributed by atoms with van der Waals surface area (Å²) in [5.41, 5.74) is 0.710. The Balaban J connectivity index is 1.97. The van der Waals surface area contributed by atoms with Gasteiger partial charge in [-0.3, -0.25) is 9.59 Å². The molecule has 6 heteroatoms. The lowest BCUT2D eigenvalue weighted by atomic mass is 10.1. The molecule has 4 nitrogen and oxygen atoms in total. The molecule has 1 amide bonds. The molecule has 0 unspecified atom stereocenters. The molecule has 0 fully saturated rings. The fraction of sp³-hybridized carbons (Fsp3) is 0.154. The fourth-order valence-electron chi connectivity index (χ4n) is 1.45. The number of hydrogen-bond acceptors (Lipinski definition) is 4. The van der Waals surface area contributed by atoms with Gasteiger partial charge in [-0.15, -0.1) is 0 Å². The minimum absolute atomic E-state index is 0.0865. The Morgan fingerprint density at radius 3 is 2.58 bits per heavy atom. The third-order valence-corrected chi connectivity index (χ3v) is 3.39. The lowest BCUT2D eigenvalue weighted by Crippen LogP contribution is -2.14. The Kier molecular flexibility index (Phi) is 4.01. The molecule has 0 saturated heterocycles. The van der Waals surface area contributed by atoms with Crippen molar-refractivity contribution >= 4 is 28.2 Å². The summed E-state index contributed by atoms with van der Waals surface area (Å²) in [5, 5.41) is 2.99. The topological polar surface area (TPSA) is 59.1 Å². The number of amides is 1. The fourth-order valence-corrected chi connectivity index (χ4v) is 2.17. The van der Waals surface area contributed by atoms with Gasteiger partial charge >= 0.3 is 0 Å². The van der Waals surface area contributed by atoms with Crippen LogP contribution in [0.2, 0.25) is 0 Å². The minimum Gasteiger partial charge on any atom is -0.302 e. The molecule has 0 aliphatic rings. The second-order valence-electron chi connectivity index (χ2n) is 3.94. The van der Waals surface area contributed by atoms with Crippen LogP contribution >= 0.6 is 11.3 Å². The highest BCUT2D eigenvalue weighted by atomic mass is 32.1. The van der Waals surface area contributed by atoms with E-state index in [2.05, 4.69) is 10.3 Å². The first-order chi connectivity index (χ1) is 9.04. The van der Waals surface area contributed by atoms with Crippen LogP contribution in [-0.4, -0.2) is 16.7 Å². The van der Waals surface area contributed by atoms with Gasteiger partial charge in [-0.2, -0.15) is 0 Å². The highest BCUT2D eigenvalue weighted by molar-refractivity contribution is 7.17. The monoisotopic (exact) mass is 278 g/mol. The van der Waals surface area contributed by atoms with Crippen molar-refractivity contribution in [1.82, 2.24) is 4.98 Å². The van der Waals surface area contributed by atoms with E-state index in [0.717, 1.165) is 11.3 Å². The molecule has 2 aromatic rings. The van der Waals surface area contributed by atoms with Gasteiger partial charge in [0.2, 0.25) is 5.91 Å². The van der Waals surface area contributed by atoms with E-state index < -0.39 is 0 Å². The van der Waals surface area contributed by atoms with Crippen molar-refractivity contribution < 1.29 is 14.0 Å². The normalized spacial score (nSPS) is 10.2. The molecular formula is C13H11FN2O2S. The van der Waals surface area contributed by atoms with E-state index >= 15 is 0 Å². The number of anilines is 1. The van der Waals surface area contributed by atoms with E-state index in [0.29, 0.717) is 15.6 Å². The van der Waals surface area contributed by atoms with E-state index in [-0.39, 0.29) is 23.9 Å². The standard InChI is InChI=1S/C13H11FN2O2S/c1-8(17)11-7-15-13(19-11)16-12(18)6-9-2-4-10(14)5-3-9/h2-5,7H,6H2,1H3,(H,15,16,18). The summed E-state index contributed by atoms with van der Waals surface area (Å²) in [5.74, 6) is -0.678. The van der Waals surface area contributed by atoms with Crippen molar-refractivity contribution in [1.29, 1.82) is 0 Å². The molecule has 0 atom stereocenters. The van der Waals surface area contributed by atoms with Crippen molar-refractivity contribution in [3.63, 3.8) is 0 Å². The average molecular weight is 278 g/mol. The zero-order chi connectivity index (χ0) is 13.8. The van der Waals surface area contributed by atoms with E-state index in [1.54, 1.807) is 12.1 Å². The summed E-state index contributed by atoms with van der Waals surface area (Å²) < 4.78 is 12.7. The number of carbonyl (C=O) groups is 2. The van der Waals surface area contributed by atoms with Crippen LogP contribution in [0.3, 0.4) is 0 Å². The number of ketones is 1. The predicted molar refractivity (Wildman–Crippen MR) is 70.9 cm³/mol. The van der Waals surface area contributed by atoms with Gasteiger partial charge in [-0.25, -0.2) is 9.37 Å². The maximum Gasteiger partial charge on any atom is 0.230 e. The Bertz CT molecular complexity index is 607. The highest BCUT2D eigenvalue weighted by Gasteiger charge is 2.09. The molecule has 0 saturated carbocycles. The van der Waals surface area contributed by atoms with Gasteiger partial charge < -0.3 is 5.32 Å². The van der Waals surface area contributed by atoms with Crippen LogP contribution in [0.4, 0.5) is 9.52 Å². The van der Waals surface area contributed by atoms with Gasteiger partial charge in [-0.1, -0.05) is 23.5 Å². The number of Topliss-reactive ketones (excluding diaryl/α,β-unsaturated/α-hetero) is 1. The molecule has 19 heavy (non-hydrogen) atoms. The average Bonchev–Trinajstić information content (AvgIpc) is 2.80. The number of nitrogens with zero attached hydrogens (tertiary/aromatic N) is 1. The summed E-state index contributed by atoms with van der Waals surface area (Å²) in [4.78, 5) is 27.2. The molecule has 0 aliphatic carbocycles. The molecule has 0 radical (unpaired) electrons. The first kappa shape index (κ1) is 13.4. The lowest BCUT2D eigenvalue weighted by molar-refractivity contribution is -0.115. The van der Waals surface area contributed by atoms with E-state index in [9.17, 15) is 14.0 Å². The molecule has 1 aromatic heterocycles. The van der Waals surface area contributed by atoms with E-state index in [4.69, 9.17) is 0 Å². The molecule has 98 valence electrons. The zero-order valence-corrected chi connectivity index (χ0v) is 11.0. The minimum atomic E-state index is -0.338. The Morgan fingerprint density at radius 1 is 1.32 bits per heavy atom. The van der Waals surface area contributed by atoms with Crippen LogP contribution in [0.25, 0.3) is 0 Å². The zero-order valence-electron chi connectivity index (χ0n) is 10.1. The molecule has 0 aliphatic heterocycles. The van der Waals surface area contributed by atoms with E-state index in [1.807, 2.05) is 0 Å². The summed E-state index contributed by atoms with van der Waals surface area (Å²) in [6.45, 7) is 1.44. The first-order valence-electron chi connectivity index (χ1n) is 5.55. The first-order valence-corrected chi connectivity index (χ1v) is 6.37. The molecule has 1 heterocycles. The number of rotatable bonds is 4. The van der Waals surface area contributed by atoms with Crippen LogP contribution in [0.1, 0.15) is 22.2 Å². The number of halogens is 1. The third kappa shape index (κ3) is 3.69. The van der Waals surface area contributed by atoms with Gasteiger partial charge in [0.25, 0.3) is 0 Å². The SMILES string of the molecule is CC(=O)c1cnc(NC(=O)Cc2ccc(F)cc2)s1. The summed E-state index contributed by atoms with van der Waals surface area (Å²) in [6.07, 6.45) is 1.57. The van der Waals surface area contributed by atoms with Crippen molar-refractivity contribution in [2.24, 2.45) is 0 Å². The van der Waals surface area contributed by atoms with Crippen molar-refractivity contribution in [3.05, 3.63) is 46.7 Å². The highest BCUT2D eigenvalue weighted by Crippen LogP contribution is 2.18. The van der Waals surface area contributed by atoms with Crippen LogP contribution in [0.5, 0.6) is 0 Å². The van der Waals surface area contributed by atoms with Crippen molar-refractivity contribution in [2.75, 3.05) is 5.32 Å². The number of aromatic nitrogens is 1. The Labute approximate surface area is 113 Å². The quantitative estimate of drug-likeness (QED) is 0.875. The summed E-state index contributed by atoms with van der Waals surface area (Å²) in [7, 11) is 0. The predicted octanol–water partition coefficient (Wildman–Crippen LogP) is 2.67. The van der Waals surface area contributed by atoms with Gasteiger partial charge in [0.15, 0.2) is 10.9 Å². The summed E-state index contributed by atoms with van der Waals surface area (Å²) >= 11 is 1.13. The molecular weight excluding hydrogens is 267 g/mol. The molecule has 1 aromatic carbocycles. The number of thiazole rings is 1. The second-order valence-corrected chi connectivity index (χ2v) is 4.97. The van der Waals surface area contributed by atoms with Crippen LogP contribution in [0.15, 0.2) is 30.5 Å². The Hall–Kier alpha value is -2.08. The lowest BCUT2D eigenvalue weighted by Gasteiger charge is -2.01. The third-order valence-electron chi connectivity index (χ3n) is 2.38. The number of benzene rings is 1. The van der Waals surface area contributed by atoms with Crippen molar-refractivity contribution in [3.8, 4) is 0 Å². The van der Waals surface area contributed by atoms with E-state index in [1.165, 1.54) is 25.3 Å². The van der Waals surface area contributed by atoms with Gasteiger partial charge in [-0.05, 0) is 17.7 Å². The second kappa shape index (κ2) is 5.71. The van der Waals surface area contributed by atoms with Gasteiger partial charge in [0.1, 0.15) is 5.82 Å². The number of nitrogens with one attached hydrogen (secondary N) is 1. The van der Waals surface area contributed by atoms with Crippen LogP contribution in [-0.2, 0) is 11.2 Å². The molecule has 0 spiro atoms. The summed E-state index contributed by atoms with van der Waals surface area (Å²) in [6, 6.07) is 5.72. The van der Waals surface area contributed by atoms with Crippen LogP contribution in [0, 0.1) is 5.82 Å².